The predicted octanol–water partition coefficient (Wildman–Crippen LogP) is 1.83. The van der Waals surface area contributed by atoms with E-state index < -0.39 is 0 Å². The van der Waals surface area contributed by atoms with Crippen LogP contribution in [0.5, 0.6) is 0 Å². The molecule has 1 radical (unpaired) electrons. The lowest BCUT2D eigenvalue weighted by Gasteiger charge is -2.01. The zero-order valence-electron chi connectivity index (χ0n) is 4.30. The van der Waals surface area contributed by atoms with Gasteiger partial charge in [-0.1, -0.05) is 13.3 Å². The van der Waals surface area contributed by atoms with Gasteiger partial charge in [0.25, 0.3) is 0 Å². The molecule has 0 aliphatic rings. The monoisotopic (exact) mass is 135 g/mol. The zero-order valence-corrected chi connectivity index (χ0v) is 6.09. The van der Waals surface area contributed by atoms with Gasteiger partial charge >= 0.3 is 0 Å². The van der Waals surface area contributed by atoms with Gasteiger partial charge in [0.2, 0.25) is 0 Å². The Kier molecular flexibility index (Phi) is 5.33. The molecule has 0 spiro atoms. The maximum Gasteiger partial charge on any atom is 0.0105 e. The third kappa shape index (κ3) is 4.56. The average Bonchev–Trinajstić information content (AvgIpc) is 1.68. The lowest BCUT2D eigenvalue weighted by atomic mass is 10.3. The topological polar surface area (TPSA) is 0 Å². The van der Waals surface area contributed by atoms with Gasteiger partial charge in [-0.15, -0.1) is 0 Å². The van der Waals surface area contributed by atoms with Gasteiger partial charge in [0.1, 0.15) is 0 Å². The Bertz CT molecular complexity index is 37.1. The summed E-state index contributed by atoms with van der Waals surface area (Å²) in [5.41, 5.74) is 0. The van der Waals surface area contributed by atoms with Gasteiger partial charge in [-0.05, 0) is 6.42 Å². The molecule has 1 atom stereocenters. The van der Waals surface area contributed by atoms with Crippen LogP contribution >= 0.6 is 25.3 Å². The lowest BCUT2D eigenvalue weighted by molar-refractivity contribution is 0.845. The minimum absolute atomic E-state index is 0.445. The SMILES string of the molecule is [CH2]CCC(S)CS. The fourth-order valence-electron chi connectivity index (χ4n) is 0.327. The molecule has 0 nitrogen and oxygen atoms in total. The summed E-state index contributed by atoms with van der Waals surface area (Å²) in [4.78, 5) is 0. The van der Waals surface area contributed by atoms with Gasteiger partial charge in [0.05, 0.1) is 0 Å². The zero-order chi connectivity index (χ0) is 5.70. The van der Waals surface area contributed by atoms with Crippen molar-refractivity contribution < 1.29 is 0 Å². The Hall–Kier alpha value is 0.700. The van der Waals surface area contributed by atoms with Crippen molar-refractivity contribution >= 4 is 25.3 Å². The first-order chi connectivity index (χ1) is 3.31. The van der Waals surface area contributed by atoms with Gasteiger partial charge in [-0.25, -0.2) is 0 Å². The van der Waals surface area contributed by atoms with E-state index in [-0.39, 0.29) is 0 Å². The molecule has 0 heterocycles. The Morgan fingerprint density at radius 1 is 1.57 bits per heavy atom. The first-order valence-corrected chi connectivity index (χ1v) is 3.54. The highest BCUT2D eigenvalue weighted by atomic mass is 32.1. The molecule has 0 saturated carbocycles. The van der Waals surface area contributed by atoms with E-state index in [0.29, 0.717) is 5.25 Å². The van der Waals surface area contributed by atoms with Gasteiger partial charge in [-0.3, -0.25) is 0 Å². The van der Waals surface area contributed by atoms with Crippen LogP contribution in [0.4, 0.5) is 0 Å². The standard InChI is InChI=1S/C5H11S2/c1-2-3-5(7)4-6/h5-7H,1-4H2. The summed E-state index contributed by atoms with van der Waals surface area (Å²) in [5, 5.41) is 0.445. The number of hydrogen-bond acceptors (Lipinski definition) is 2. The maximum absolute atomic E-state index is 4.19. The molecule has 0 bridgehead atoms. The summed E-state index contributed by atoms with van der Waals surface area (Å²) in [6, 6.07) is 0. The average molecular weight is 135 g/mol. The van der Waals surface area contributed by atoms with Crippen molar-refractivity contribution in [1.29, 1.82) is 0 Å². The van der Waals surface area contributed by atoms with Gasteiger partial charge in [-0.2, -0.15) is 25.3 Å². The fourth-order valence-corrected chi connectivity index (χ4v) is 0.692. The van der Waals surface area contributed by atoms with Crippen LogP contribution in [0.1, 0.15) is 12.8 Å². The Morgan fingerprint density at radius 3 is 2.29 bits per heavy atom. The number of thiol groups is 2. The summed E-state index contributed by atoms with van der Waals surface area (Å²) in [5.74, 6) is 0.860. The molecule has 2 heteroatoms. The summed E-state index contributed by atoms with van der Waals surface area (Å²) in [7, 11) is 0. The second-order valence-corrected chi connectivity index (χ2v) is 2.57. The molecule has 43 valence electrons. The molecule has 0 aliphatic heterocycles. The third-order valence-electron chi connectivity index (χ3n) is 0.748. The Labute approximate surface area is 56.5 Å². The van der Waals surface area contributed by atoms with Crippen molar-refractivity contribution in [2.75, 3.05) is 5.75 Å². The lowest BCUT2D eigenvalue weighted by Crippen LogP contribution is -1.97. The van der Waals surface area contributed by atoms with E-state index >= 15 is 0 Å². The number of rotatable bonds is 3. The minimum atomic E-state index is 0.445. The molecule has 7 heavy (non-hydrogen) atoms. The molecule has 0 aromatic carbocycles. The second kappa shape index (κ2) is 4.85. The highest BCUT2D eigenvalue weighted by Crippen LogP contribution is 2.04. The summed E-state index contributed by atoms with van der Waals surface area (Å²) in [6.07, 6.45) is 2.04. The van der Waals surface area contributed by atoms with Crippen LogP contribution in [-0.2, 0) is 0 Å². The largest absolute Gasteiger partial charge is 0.178 e. The first-order valence-electron chi connectivity index (χ1n) is 2.39. The van der Waals surface area contributed by atoms with Crippen molar-refractivity contribution in [1.82, 2.24) is 0 Å². The van der Waals surface area contributed by atoms with Crippen molar-refractivity contribution in [3.05, 3.63) is 6.92 Å². The quantitative estimate of drug-likeness (QED) is 0.542. The van der Waals surface area contributed by atoms with Gasteiger partial charge in [0, 0.05) is 11.0 Å². The molecule has 0 fully saturated rings. The summed E-state index contributed by atoms with van der Waals surface area (Å²) >= 11 is 8.24. The molecule has 1 unspecified atom stereocenters. The second-order valence-electron chi connectivity index (χ2n) is 1.48. The van der Waals surface area contributed by atoms with Crippen LogP contribution in [0.3, 0.4) is 0 Å². The molecule has 0 amide bonds. The van der Waals surface area contributed by atoms with Crippen molar-refractivity contribution in [3.8, 4) is 0 Å². The van der Waals surface area contributed by atoms with E-state index in [9.17, 15) is 0 Å². The van der Waals surface area contributed by atoms with Crippen LogP contribution in [0, 0.1) is 6.92 Å². The minimum Gasteiger partial charge on any atom is -0.178 e. The fraction of sp³-hybridized carbons (Fsp3) is 0.800. The van der Waals surface area contributed by atoms with Gasteiger partial charge < -0.3 is 0 Å². The van der Waals surface area contributed by atoms with E-state index in [1.807, 2.05) is 0 Å². The molecular weight excluding hydrogens is 124 g/mol. The van der Waals surface area contributed by atoms with Crippen molar-refractivity contribution in [2.45, 2.75) is 18.1 Å². The van der Waals surface area contributed by atoms with Crippen LogP contribution in [0.15, 0.2) is 0 Å². The normalized spacial score (nSPS) is 14.1. The predicted molar refractivity (Wildman–Crippen MR) is 41.2 cm³/mol. The van der Waals surface area contributed by atoms with Gasteiger partial charge in [0.15, 0.2) is 0 Å². The molecule has 0 aliphatic carbocycles. The van der Waals surface area contributed by atoms with Crippen molar-refractivity contribution in [3.63, 3.8) is 0 Å². The van der Waals surface area contributed by atoms with Crippen LogP contribution in [0.25, 0.3) is 0 Å². The highest BCUT2D eigenvalue weighted by molar-refractivity contribution is 7.84. The third-order valence-corrected chi connectivity index (χ3v) is 1.92. The Balaban J connectivity index is 2.83. The smallest absolute Gasteiger partial charge is 0.0105 e. The van der Waals surface area contributed by atoms with Crippen LogP contribution in [0.2, 0.25) is 0 Å². The first kappa shape index (κ1) is 7.70. The van der Waals surface area contributed by atoms with E-state index in [0.717, 1.165) is 18.6 Å². The molecular formula is C5H11S2. The molecule has 0 rings (SSSR count). The summed E-state index contributed by atoms with van der Waals surface area (Å²) in [6.45, 7) is 3.69. The number of hydrogen-bond donors (Lipinski definition) is 2. The molecule has 0 aromatic heterocycles. The van der Waals surface area contributed by atoms with Crippen LogP contribution in [-0.4, -0.2) is 11.0 Å². The molecule has 0 N–H and O–H groups in total. The molecule has 0 aromatic rings. The van der Waals surface area contributed by atoms with E-state index in [1.165, 1.54) is 0 Å². The maximum atomic E-state index is 4.19. The summed E-state index contributed by atoms with van der Waals surface area (Å²) < 4.78 is 0. The van der Waals surface area contributed by atoms with E-state index in [1.54, 1.807) is 0 Å². The molecule has 0 saturated heterocycles. The van der Waals surface area contributed by atoms with E-state index in [2.05, 4.69) is 32.2 Å². The van der Waals surface area contributed by atoms with Crippen molar-refractivity contribution in [2.24, 2.45) is 0 Å². The van der Waals surface area contributed by atoms with Crippen LogP contribution < -0.4 is 0 Å². The highest BCUT2D eigenvalue weighted by Gasteiger charge is 1.94. The Morgan fingerprint density at radius 2 is 2.14 bits per heavy atom. The van der Waals surface area contributed by atoms with E-state index in [4.69, 9.17) is 0 Å².